The summed E-state index contributed by atoms with van der Waals surface area (Å²) in [5.74, 6) is -0.176. The number of carboxylic acid groups (broad SMARTS) is 1. The molecule has 1 heterocycles. The average Bonchev–Trinajstić information content (AvgIpc) is 2.40. The van der Waals surface area contributed by atoms with Gasteiger partial charge in [-0.05, 0) is 55.9 Å². The molecule has 3 nitrogen and oxygen atoms in total. The van der Waals surface area contributed by atoms with Crippen molar-refractivity contribution >= 4 is 27.6 Å². The predicted molar refractivity (Wildman–Crippen MR) is 80.7 cm³/mol. The first-order valence-corrected chi connectivity index (χ1v) is 7.58. The Hall–Kier alpha value is -1.03. The van der Waals surface area contributed by atoms with Gasteiger partial charge in [-0.1, -0.05) is 15.9 Å². The fraction of sp³-hybridized carbons (Fsp3) is 0.533. The molecule has 0 bridgehead atoms. The summed E-state index contributed by atoms with van der Waals surface area (Å²) in [6.07, 6.45) is 3.39. The quantitative estimate of drug-likeness (QED) is 0.914. The van der Waals surface area contributed by atoms with Crippen LogP contribution in [0.3, 0.4) is 0 Å². The topological polar surface area (TPSA) is 40.5 Å². The zero-order chi connectivity index (χ0) is 13.8. The zero-order valence-electron chi connectivity index (χ0n) is 11.2. The van der Waals surface area contributed by atoms with Crippen molar-refractivity contribution in [2.75, 3.05) is 18.0 Å². The molecule has 1 N–H and O–H groups in total. The van der Waals surface area contributed by atoms with Gasteiger partial charge in [0.2, 0.25) is 0 Å². The average molecular weight is 326 g/mol. The lowest BCUT2D eigenvalue weighted by atomic mass is 9.93. The van der Waals surface area contributed by atoms with Gasteiger partial charge in [0, 0.05) is 29.7 Å². The maximum Gasteiger partial charge on any atom is 0.303 e. The van der Waals surface area contributed by atoms with Gasteiger partial charge in [0.25, 0.3) is 0 Å². The van der Waals surface area contributed by atoms with Gasteiger partial charge in [0.1, 0.15) is 0 Å². The van der Waals surface area contributed by atoms with Gasteiger partial charge in [-0.25, -0.2) is 0 Å². The molecule has 4 heteroatoms. The van der Waals surface area contributed by atoms with Crippen molar-refractivity contribution in [2.24, 2.45) is 5.92 Å². The minimum Gasteiger partial charge on any atom is -0.481 e. The molecule has 0 saturated carbocycles. The van der Waals surface area contributed by atoms with Crippen LogP contribution in [0.25, 0.3) is 0 Å². The number of halogens is 1. The second-order valence-electron chi connectivity index (χ2n) is 5.32. The molecule has 0 aliphatic carbocycles. The number of hydrogen-bond acceptors (Lipinski definition) is 2. The number of aryl methyl sites for hydroxylation is 1. The summed E-state index contributed by atoms with van der Waals surface area (Å²) in [5, 5.41) is 8.78. The molecule has 0 spiro atoms. The van der Waals surface area contributed by atoms with Crippen LogP contribution in [0.4, 0.5) is 5.69 Å². The van der Waals surface area contributed by atoms with Gasteiger partial charge in [-0.3, -0.25) is 4.79 Å². The number of hydrogen-bond donors (Lipinski definition) is 1. The lowest BCUT2D eigenvalue weighted by molar-refractivity contribution is -0.137. The Morgan fingerprint density at radius 2 is 2.32 bits per heavy atom. The van der Waals surface area contributed by atoms with Crippen LogP contribution in [-0.4, -0.2) is 24.2 Å². The van der Waals surface area contributed by atoms with Crippen molar-refractivity contribution in [3.05, 3.63) is 28.2 Å². The Kier molecular flexibility index (Phi) is 4.86. The van der Waals surface area contributed by atoms with Gasteiger partial charge < -0.3 is 10.0 Å². The number of rotatable bonds is 4. The SMILES string of the molecule is Cc1cc(N2CCCC(CCC(=O)O)C2)ccc1Br. The van der Waals surface area contributed by atoms with E-state index < -0.39 is 5.97 Å². The number of nitrogens with zero attached hydrogens (tertiary/aromatic N) is 1. The number of aliphatic carboxylic acids is 1. The summed E-state index contributed by atoms with van der Waals surface area (Å²) in [4.78, 5) is 13.0. The fourth-order valence-corrected chi connectivity index (χ4v) is 2.93. The third kappa shape index (κ3) is 3.96. The van der Waals surface area contributed by atoms with Crippen LogP contribution in [0, 0.1) is 12.8 Å². The number of carboxylic acids is 1. The Morgan fingerprint density at radius 3 is 3.00 bits per heavy atom. The van der Waals surface area contributed by atoms with Crippen LogP contribution in [0.2, 0.25) is 0 Å². The minimum absolute atomic E-state index is 0.290. The minimum atomic E-state index is -0.684. The van der Waals surface area contributed by atoms with Gasteiger partial charge in [-0.15, -0.1) is 0 Å². The second-order valence-corrected chi connectivity index (χ2v) is 6.17. The summed E-state index contributed by atoms with van der Waals surface area (Å²) in [5.41, 5.74) is 2.49. The van der Waals surface area contributed by atoms with Crippen molar-refractivity contribution < 1.29 is 9.90 Å². The first-order chi connectivity index (χ1) is 9.06. The highest BCUT2D eigenvalue weighted by molar-refractivity contribution is 9.10. The van der Waals surface area contributed by atoms with Crippen molar-refractivity contribution in [3.63, 3.8) is 0 Å². The van der Waals surface area contributed by atoms with Crippen LogP contribution in [0.15, 0.2) is 22.7 Å². The van der Waals surface area contributed by atoms with E-state index in [-0.39, 0.29) is 6.42 Å². The molecule has 1 fully saturated rings. The molecule has 1 unspecified atom stereocenters. The van der Waals surface area contributed by atoms with Gasteiger partial charge in [-0.2, -0.15) is 0 Å². The smallest absolute Gasteiger partial charge is 0.303 e. The highest BCUT2D eigenvalue weighted by Gasteiger charge is 2.21. The van der Waals surface area contributed by atoms with Crippen LogP contribution >= 0.6 is 15.9 Å². The molecule has 1 aliphatic heterocycles. The molecule has 1 aromatic rings. The second kappa shape index (κ2) is 6.42. The molecule has 19 heavy (non-hydrogen) atoms. The number of benzene rings is 1. The normalized spacial score (nSPS) is 19.5. The molecule has 1 atom stereocenters. The maximum atomic E-state index is 10.7. The molecule has 0 amide bonds. The van der Waals surface area contributed by atoms with Crippen molar-refractivity contribution in [2.45, 2.75) is 32.6 Å². The fourth-order valence-electron chi connectivity index (χ4n) is 2.69. The number of carbonyl (C=O) groups is 1. The Balaban J connectivity index is 2.00. The van der Waals surface area contributed by atoms with E-state index in [2.05, 4.69) is 46.0 Å². The first kappa shape index (κ1) is 14.4. The largest absolute Gasteiger partial charge is 0.481 e. The highest BCUT2D eigenvalue weighted by Crippen LogP contribution is 2.28. The molecular formula is C15H20BrNO2. The maximum absolute atomic E-state index is 10.7. The van der Waals surface area contributed by atoms with Gasteiger partial charge >= 0.3 is 5.97 Å². The summed E-state index contributed by atoms with van der Waals surface area (Å²) < 4.78 is 1.13. The van der Waals surface area contributed by atoms with E-state index >= 15 is 0 Å². The van der Waals surface area contributed by atoms with Crippen molar-refractivity contribution in [1.82, 2.24) is 0 Å². The van der Waals surface area contributed by atoms with Crippen molar-refractivity contribution in [3.8, 4) is 0 Å². The summed E-state index contributed by atoms with van der Waals surface area (Å²) in [6.45, 7) is 4.15. The van der Waals surface area contributed by atoms with Crippen LogP contribution in [0.5, 0.6) is 0 Å². The Morgan fingerprint density at radius 1 is 1.53 bits per heavy atom. The molecular weight excluding hydrogens is 306 g/mol. The lowest BCUT2D eigenvalue weighted by Gasteiger charge is -2.34. The molecule has 2 rings (SSSR count). The van der Waals surface area contributed by atoms with Crippen LogP contribution in [-0.2, 0) is 4.79 Å². The van der Waals surface area contributed by atoms with E-state index in [1.165, 1.54) is 11.3 Å². The molecule has 1 saturated heterocycles. The molecule has 0 radical (unpaired) electrons. The highest BCUT2D eigenvalue weighted by atomic mass is 79.9. The number of anilines is 1. The van der Waals surface area contributed by atoms with E-state index in [1.807, 2.05) is 0 Å². The van der Waals surface area contributed by atoms with Crippen LogP contribution < -0.4 is 4.90 Å². The standard InChI is InChI=1S/C15H20BrNO2/c1-11-9-13(5-6-14(11)16)17-8-2-3-12(10-17)4-7-15(18)19/h5-6,9,12H,2-4,7-8,10H2,1H3,(H,18,19). The molecule has 104 valence electrons. The summed E-state index contributed by atoms with van der Waals surface area (Å²) in [7, 11) is 0. The predicted octanol–water partition coefficient (Wildman–Crippen LogP) is 3.84. The lowest BCUT2D eigenvalue weighted by Crippen LogP contribution is -2.35. The molecule has 1 aromatic carbocycles. The third-order valence-electron chi connectivity index (χ3n) is 3.79. The third-order valence-corrected chi connectivity index (χ3v) is 4.68. The van der Waals surface area contributed by atoms with E-state index in [4.69, 9.17) is 5.11 Å². The van der Waals surface area contributed by atoms with Crippen LogP contribution in [0.1, 0.15) is 31.2 Å². The molecule has 1 aliphatic rings. The Bertz CT molecular complexity index is 461. The number of piperidine rings is 1. The van der Waals surface area contributed by atoms with Gasteiger partial charge in [0.05, 0.1) is 0 Å². The Labute approximate surface area is 122 Å². The van der Waals surface area contributed by atoms with Gasteiger partial charge in [0.15, 0.2) is 0 Å². The van der Waals surface area contributed by atoms with E-state index in [9.17, 15) is 4.79 Å². The van der Waals surface area contributed by atoms with Crippen molar-refractivity contribution in [1.29, 1.82) is 0 Å². The summed E-state index contributed by atoms with van der Waals surface area (Å²) >= 11 is 3.52. The van der Waals surface area contributed by atoms with E-state index in [1.54, 1.807) is 0 Å². The summed E-state index contributed by atoms with van der Waals surface area (Å²) in [6, 6.07) is 6.42. The zero-order valence-corrected chi connectivity index (χ0v) is 12.8. The van der Waals surface area contributed by atoms with E-state index in [0.29, 0.717) is 5.92 Å². The van der Waals surface area contributed by atoms with E-state index in [0.717, 1.165) is 36.8 Å². The first-order valence-electron chi connectivity index (χ1n) is 6.79. The molecule has 0 aromatic heterocycles. The monoisotopic (exact) mass is 325 g/mol.